The summed E-state index contributed by atoms with van der Waals surface area (Å²) in [6.07, 6.45) is 7.44. The van der Waals surface area contributed by atoms with E-state index in [1.165, 1.54) is 5.56 Å². The predicted octanol–water partition coefficient (Wildman–Crippen LogP) is 3.96. The monoisotopic (exact) mass is 289 g/mol. The Bertz CT molecular complexity index is 886. The minimum atomic E-state index is 0.0725. The lowest BCUT2D eigenvalue weighted by molar-refractivity contribution is 0.588. The Morgan fingerprint density at radius 1 is 1.09 bits per heavy atom. The Balaban J connectivity index is 2.07. The van der Waals surface area contributed by atoms with E-state index >= 15 is 0 Å². The van der Waals surface area contributed by atoms with Gasteiger partial charge in [0.05, 0.1) is 5.56 Å². The van der Waals surface area contributed by atoms with Crippen molar-refractivity contribution in [2.45, 2.75) is 33.1 Å². The van der Waals surface area contributed by atoms with Gasteiger partial charge in [0.25, 0.3) is 0 Å². The molecule has 3 aromatic rings. The summed E-state index contributed by atoms with van der Waals surface area (Å²) in [4.78, 5) is 11.8. The summed E-state index contributed by atoms with van der Waals surface area (Å²) in [5, 5.41) is 1.07. The molecule has 0 aromatic carbocycles. The van der Waals surface area contributed by atoms with Gasteiger partial charge in [-0.1, -0.05) is 32.6 Å². The molecule has 0 aliphatic heterocycles. The standard InChI is InChI=1S/C19H19N3/c1-13-7-8-20-10-14(13)5-6-15-11-21-18-17(15)9-16(12-22-18)19(2,3)4/h7-12H,1-4H3,(H,21,22). The van der Waals surface area contributed by atoms with Crippen LogP contribution in [0.1, 0.15) is 43.0 Å². The van der Waals surface area contributed by atoms with Crippen LogP contribution in [-0.2, 0) is 5.41 Å². The van der Waals surface area contributed by atoms with Gasteiger partial charge in [-0.05, 0) is 35.6 Å². The maximum absolute atomic E-state index is 4.51. The Labute approximate surface area is 130 Å². The summed E-state index contributed by atoms with van der Waals surface area (Å²) in [5.74, 6) is 6.45. The summed E-state index contributed by atoms with van der Waals surface area (Å²) in [6.45, 7) is 8.60. The average Bonchev–Trinajstić information content (AvgIpc) is 2.88. The molecule has 3 aromatic heterocycles. The first-order chi connectivity index (χ1) is 10.4. The molecular weight excluding hydrogens is 270 g/mol. The molecule has 0 aliphatic rings. The first kappa shape index (κ1) is 14.3. The molecule has 0 radical (unpaired) electrons. The van der Waals surface area contributed by atoms with E-state index in [0.717, 1.165) is 27.7 Å². The van der Waals surface area contributed by atoms with Crippen molar-refractivity contribution >= 4 is 11.0 Å². The van der Waals surface area contributed by atoms with Gasteiger partial charge in [0, 0.05) is 35.7 Å². The maximum Gasteiger partial charge on any atom is 0.138 e. The lowest BCUT2D eigenvalue weighted by atomic mass is 9.88. The van der Waals surface area contributed by atoms with Crippen molar-refractivity contribution in [3.63, 3.8) is 0 Å². The molecule has 0 aliphatic carbocycles. The van der Waals surface area contributed by atoms with E-state index in [0.29, 0.717) is 0 Å². The van der Waals surface area contributed by atoms with Crippen LogP contribution >= 0.6 is 0 Å². The summed E-state index contributed by atoms with van der Waals surface area (Å²) < 4.78 is 0. The van der Waals surface area contributed by atoms with Crippen LogP contribution in [0.3, 0.4) is 0 Å². The predicted molar refractivity (Wildman–Crippen MR) is 89.7 cm³/mol. The number of hydrogen-bond acceptors (Lipinski definition) is 2. The molecule has 0 amide bonds. The van der Waals surface area contributed by atoms with Crippen LogP contribution < -0.4 is 0 Å². The number of fused-ring (bicyclic) bond motifs is 1. The van der Waals surface area contributed by atoms with E-state index < -0.39 is 0 Å². The lowest BCUT2D eigenvalue weighted by Gasteiger charge is -2.18. The zero-order valence-corrected chi connectivity index (χ0v) is 13.4. The molecule has 22 heavy (non-hydrogen) atoms. The van der Waals surface area contributed by atoms with Crippen LogP contribution in [0, 0.1) is 18.8 Å². The van der Waals surface area contributed by atoms with Crippen LogP contribution in [-0.4, -0.2) is 15.0 Å². The van der Waals surface area contributed by atoms with Crippen molar-refractivity contribution in [1.82, 2.24) is 15.0 Å². The Hall–Kier alpha value is -2.60. The van der Waals surface area contributed by atoms with Gasteiger partial charge in [-0.2, -0.15) is 0 Å². The third-order valence-corrected chi connectivity index (χ3v) is 3.77. The van der Waals surface area contributed by atoms with Crippen LogP contribution in [0.15, 0.2) is 36.9 Å². The van der Waals surface area contributed by atoms with Crippen molar-refractivity contribution in [2.75, 3.05) is 0 Å². The van der Waals surface area contributed by atoms with E-state index in [4.69, 9.17) is 0 Å². The Kier molecular flexibility index (Phi) is 3.46. The molecule has 0 saturated carbocycles. The van der Waals surface area contributed by atoms with Crippen molar-refractivity contribution in [3.8, 4) is 11.8 Å². The third-order valence-electron chi connectivity index (χ3n) is 3.77. The Morgan fingerprint density at radius 2 is 1.86 bits per heavy atom. The number of aromatic nitrogens is 3. The fraction of sp³-hybridized carbons (Fsp3) is 0.263. The van der Waals surface area contributed by atoms with Crippen molar-refractivity contribution in [3.05, 3.63) is 59.2 Å². The van der Waals surface area contributed by atoms with Crippen LogP contribution in [0.5, 0.6) is 0 Å². The summed E-state index contributed by atoms with van der Waals surface area (Å²) >= 11 is 0. The lowest BCUT2D eigenvalue weighted by Crippen LogP contribution is -2.11. The number of H-pyrrole nitrogens is 1. The number of nitrogens with zero attached hydrogens (tertiary/aromatic N) is 2. The highest BCUT2D eigenvalue weighted by Gasteiger charge is 2.15. The normalized spacial score (nSPS) is 11.3. The van der Waals surface area contributed by atoms with Gasteiger partial charge >= 0.3 is 0 Å². The molecule has 3 heterocycles. The van der Waals surface area contributed by atoms with Crippen LogP contribution in [0.25, 0.3) is 11.0 Å². The number of hydrogen-bond donors (Lipinski definition) is 1. The maximum atomic E-state index is 4.51. The van der Waals surface area contributed by atoms with Gasteiger partial charge in [-0.3, -0.25) is 4.98 Å². The molecule has 3 nitrogen and oxygen atoms in total. The second kappa shape index (κ2) is 5.31. The van der Waals surface area contributed by atoms with E-state index in [1.807, 2.05) is 25.4 Å². The highest BCUT2D eigenvalue weighted by atomic mass is 14.8. The largest absolute Gasteiger partial charge is 0.345 e. The van der Waals surface area contributed by atoms with Gasteiger partial charge in [-0.15, -0.1) is 0 Å². The second-order valence-electron chi connectivity index (χ2n) is 6.51. The van der Waals surface area contributed by atoms with E-state index in [-0.39, 0.29) is 5.41 Å². The minimum absolute atomic E-state index is 0.0725. The average molecular weight is 289 g/mol. The van der Waals surface area contributed by atoms with Gasteiger partial charge in [0.2, 0.25) is 0 Å². The van der Waals surface area contributed by atoms with Crippen molar-refractivity contribution in [1.29, 1.82) is 0 Å². The highest BCUT2D eigenvalue weighted by Crippen LogP contribution is 2.25. The molecule has 3 heteroatoms. The Morgan fingerprint density at radius 3 is 2.59 bits per heavy atom. The molecule has 0 saturated heterocycles. The number of aromatic amines is 1. The van der Waals surface area contributed by atoms with Gasteiger partial charge in [-0.25, -0.2) is 4.98 Å². The van der Waals surface area contributed by atoms with Gasteiger partial charge in [0.1, 0.15) is 5.65 Å². The van der Waals surface area contributed by atoms with Gasteiger partial charge in [0.15, 0.2) is 0 Å². The van der Waals surface area contributed by atoms with E-state index in [1.54, 1.807) is 12.4 Å². The molecule has 110 valence electrons. The zero-order valence-electron chi connectivity index (χ0n) is 13.4. The van der Waals surface area contributed by atoms with E-state index in [9.17, 15) is 0 Å². The summed E-state index contributed by atoms with van der Waals surface area (Å²) in [5.41, 5.74) is 5.22. The van der Waals surface area contributed by atoms with Crippen LogP contribution in [0.4, 0.5) is 0 Å². The zero-order chi connectivity index (χ0) is 15.7. The number of nitrogens with one attached hydrogen (secondary N) is 1. The second-order valence-corrected chi connectivity index (χ2v) is 6.51. The van der Waals surface area contributed by atoms with Crippen molar-refractivity contribution < 1.29 is 0 Å². The number of aryl methyl sites for hydroxylation is 1. The number of rotatable bonds is 0. The van der Waals surface area contributed by atoms with Crippen molar-refractivity contribution in [2.24, 2.45) is 0 Å². The SMILES string of the molecule is Cc1ccncc1C#Cc1c[nH]c2ncc(C(C)(C)C)cc12. The van der Waals surface area contributed by atoms with Crippen LogP contribution in [0.2, 0.25) is 0 Å². The highest BCUT2D eigenvalue weighted by molar-refractivity contribution is 5.83. The fourth-order valence-corrected chi connectivity index (χ4v) is 2.25. The smallest absolute Gasteiger partial charge is 0.138 e. The molecule has 1 N–H and O–H groups in total. The summed E-state index contributed by atoms with van der Waals surface area (Å²) in [7, 11) is 0. The quantitative estimate of drug-likeness (QED) is 0.636. The molecule has 0 fully saturated rings. The molecule has 0 spiro atoms. The topological polar surface area (TPSA) is 41.6 Å². The molecule has 0 atom stereocenters. The molecule has 0 unspecified atom stereocenters. The minimum Gasteiger partial charge on any atom is -0.345 e. The fourth-order valence-electron chi connectivity index (χ4n) is 2.25. The molecule has 0 bridgehead atoms. The summed E-state index contributed by atoms with van der Waals surface area (Å²) in [6, 6.07) is 4.15. The van der Waals surface area contributed by atoms with E-state index in [2.05, 4.69) is 53.6 Å². The van der Waals surface area contributed by atoms with Gasteiger partial charge < -0.3 is 4.98 Å². The number of pyridine rings is 2. The third kappa shape index (κ3) is 2.73. The molecule has 3 rings (SSSR count). The molecular formula is C19H19N3. The first-order valence-electron chi connectivity index (χ1n) is 7.35. The first-order valence-corrected chi connectivity index (χ1v) is 7.35.